The Kier molecular flexibility index (Phi) is 5.38. The van der Waals surface area contributed by atoms with Crippen molar-refractivity contribution in [1.82, 2.24) is 14.8 Å². The summed E-state index contributed by atoms with van der Waals surface area (Å²) in [4.78, 5) is 29.8. The first-order chi connectivity index (χ1) is 15.3. The van der Waals surface area contributed by atoms with E-state index in [9.17, 15) is 25.5 Å². The second-order valence-corrected chi connectivity index (χ2v) is 7.61. The van der Waals surface area contributed by atoms with Crippen molar-refractivity contribution in [2.45, 2.75) is 12.5 Å². The zero-order valence-corrected chi connectivity index (χ0v) is 17.3. The Bertz CT molecular complexity index is 1220. The second-order valence-electron chi connectivity index (χ2n) is 7.22. The fourth-order valence-electron chi connectivity index (χ4n) is 4.02. The summed E-state index contributed by atoms with van der Waals surface area (Å²) in [6.45, 7) is 1.09. The van der Waals surface area contributed by atoms with Crippen molar-refractivity contribution in [3.63, 3.8) is 0 Å². The van der Waals surface area contributed by atoms with Crippen LogP contribution in [0.2, 0.25) is 5.15 Å². The van der Waals surface area contributed by atoms with Gasteiger partial charge in [-0.2, -0.15) is 5.26 Å². The third kappa shape index (κ3) is 3.57. The number of allylic oxidation sites excluding steroid dienone is 1. The summed E-state index contributed by atoms with van der Waals surface area (Å²) in [5.41, 5.74) is 6.80. The number of nitro benzene ring substituents is 1. The van der Waals surface area contributed by atoms with Crippen molar-refractivity contribution >= 4 is 17.3 Å². The number of fused-ring (bicyclic) bond motifs is 1. The van der Waals surface area contributed by atoms with Gasteiger partial charge in [-0.25, -0.2) is 4.98 Å². The number of nitro groups is 2. The minimum Gasteiger partial charge on any atom is -0.384 e. The SMILES string of the molecule is N#CC1=C(N)N2CCN(Cc3ccc(Cl)nc3)C2=C([N+](=O)[O-])C1c1cccc([N+](=O)[O-])c1. The molecular formula is C20H16ClN7O4. The zero-order valence-electron chi connectivity index (χ0n) is 16.5. The van der Waals surface area contributed by atoms with Crippen LogP contribution in [0.15, 0.2) is 65.5 Å². The molecule has 0 bridgehead atoms. The quantitative estimate of drug-likeness (QED) is 0.408. The van der Waals surface area contributed by atoms with Crippen LogP contribution in [-0.4, -0.2) is 37.7 Å². The molecule has 1 unspecified atom stereocenters. The highest BCUT2D eigenvalue weighted by molar-refractivity contribution is 6.29. The van der Waals surface area contributed by atoms with Gasteiger partial charge in [0.25, 0.3) is 11.4 Å². The topological polar surface area (TPSA) is 155 Å². The zero-order chi connectivity index (χ0) is 23.0. The lowest BCUT2D eigenvalue weighted by molar-refractivity contribution is -0.432. The van der Waals surface area contributed by atoms with Gasteiger partial charge in [-0.3, -0.25) is 20.2 Å². The summed E-state index contributed by atoms with van der Waals surface area (Å²) in [5, 5.41) is 33.6. The lowest BCUT2D eigenvalue weighted by Crippen LogP contribution is -2.37. The van der Waals surface area contributed by atoms with Crippen LogP contribution in [0.25, 0.3) is 0 Å². The molecule has 0 radical (unpaired) electrons. The van der Waals surface area contributed by atoms with E-state index in [0.29, 0.717) is 24.8 Å². The molecule has 32 heavy (non-hydrogen) atoms. The van der Waals surface area contributed by atoms with Crippen molar-refractivity contribution in [3.05, 3.63) is 102 Å². The summed E-state index contributed by atoms with van der Waals surface area (Å²) in [7, 11) is 0. The Morgan fingerprint density at radius 2 is 2.00 bits per heavy atom. The number of non-ortho nitro benzene ring substituents is 1. The summed E-state index contributed by atoms with van der Waals surface area (Å²) in [6.07, 6.45) is 1.58. The van der Waals surface area contributed by atoms with E-state index in [1.807, 2.05) is 6.07 Å². The molecule has 1 atom stereocenters. The van der Waals surface area contributed by atoms with Gasteiger partial charge in [-0.15, -0.1) is 0 Å². The monoisotopic (exact) mass is 453 g/mol. The first-order valence-corrected chi connectivity index (χ1v) is 9.85. The molecule has 0 amide bonds. The van der Waals surface area contributed by atoms with E-state index >= 15 is 0 Å². The minimum atomic E-state index is -1.15. The molecule has 1 saturated heterocycles. The van der Waals surface area contributed by atoms with Crippen LogP contribution in [0, 0.1) is 31.6 Å². The van der Waals surface area contributed by atoms with E-state index in [2.05, 4.69) is 4.98 Å². The fraction of sp³-hybridized carbons (Fsp3) is 0.200. The lowest BCUT2D eigenvalue weighted by Gasteiger charge is -2.32. The van der Waals surface area contributed by atoms with Crippen molar-refractivity contribution in [2.24, 2.45) is 5.73 Å². The van der Waals surface area contributed by atoms with E-state index < -0.39 is 15.8 Å². The average Bonchev–Trinajstić information content (AvgIpc) is 3.18. The van der Waals surface area contributed by atoms with Gasteiger partial charge in [0.2, 0.25) is 0 Å². The number of rotatable bonds is 5. The van der Waals surface area contributed by atoms with Crippen molar-refractivity contribution in [3.8, 4) is 6.07 Å². The summed E-state index contributed by atoms with van der Waals surface area (Å²) >= 11 is 5.84. The van der Waals surface area contributed by atoms with Crippen LogP contribution in [0.1, 0.15) is 17.0 Å². The van der Waals surface area contributed by atoms with Crippen LogP contribution in [0.4, 0.5) is 5.69 Å². The number of nitrogens with zero attached hydrogens (tertiary/aromatic N) is 6. The van der Waals surface area contributed by atoms with Gasteiger partial charge in [0.15, 0.2) is 5.82 Å². The van der Waals surface area contributed by atoms with Gasteiger partial charge in [-0.05, 0) is 17.2 Å². The van der Waals surface area contributed by atoms with E-state index in [0.717, 1.165) is 5.56 Å². The number of nitrogens with two attached hydrogens (primary N) is 1. The van der Waals surface area contributed by atoms with E-state index in [1.165, 1.54) is 24.3 Å². The smallest absolute Gasteiger partial charge is 0.299 e. The predicted octanol–water partition coefficient (Wildman–Crippen LogP) is 2.70. The highest BCUT2D eigenvalue weighted by atomic mass is 35.5. The maximum Gasteiger partial charge on any atom is 0.299 e. The molecule has 2 aliphatic heterocycles. The molecule has 1 fully saturated rings. The Morgan fingerprint density at radius 3 is 2.62 bits per heavy atom. The van der Waals surface area contributed by atoms with Crippen LogP contribution >= 0.6 is 11.6 Å². The van der Waals surface area contributed by atoms with Crippen LogP contribution in [0.5, 0.6) is 0 Å². The van der Waals surface area contributed by atoms with E-state index in [1.54, 1.807) is 28.1 Å². The fourth-order valence-corrected chi connectivity index (χ4v) is 4.13. The van der Waals surface area contributed by atoms with Gasteiger partial charge < -0.3 is 15.5 Å². The number of benzene rings is 1. The molecule has 11 nitrogen and oxygen atoms in total. The molecule has 1 aromatic carbocycles. The molecule has 2 aromatic rings. The second kappa shape index (κ2) is 8.16. The van der Waals surface area contributed by atoms with Gasteiger partial charge >= 0.3 is 0 Å². The molecule has 2 aliphatic rings. The third-order valence-electron chi connectivity index (χ3n) is 5.40. The predicted molar refractivity (Wildman–Crippen MR) is 113 cm³/mol. The highest BCUT2D eigenvalue weighted by Crippen LogP contribution is 2.44. The normalized spacial score (nSPS) is 17.9. The minimum absolute atomic E-state index is 0.0176. The van der Waals surface area contributed by atoms with Crippen molar-refractivity contribution < 1.29 is 9.85 Å². The van der Waals surface area contributed by atoms with Gasteiger partial charge in [0.1, 0.15) is 16.9 Å². The Balaban J connectivity index is 1.86. The third-order valence-corrected chi connectivity index (χ3v) is 5.62. The van der Waals surface area contributed by atoms with Crippen LogP contribution in [-0.2, 0) is 6.54 Å². The standard InChI is InChI=1S/C20H16ClN7O4/c21-16-5-4-12(10-24-16)11-25-6-7-26-19(23)15(9-22)17(18(20(25)26)28(31)32)13-2-1-3-14(8-13)27(29)30/h1-5,8,10,17H,6-7,11,23H2. The maximum atomic E-state index is 12.3. The molecular weight excluding hydrogens is 438 g/mol. The van der Waals surface area contributed by atoms with Gasteiger partial charge in [-0.1, -0.05) is 29.8 Å². The van der Waals surface area contributed by atoms with Gasteiger partial charge in [0.05, 0.1) is 21.5 Å². The number of halogens is 1. The van der Waals surface area contributed by atoms with Crippen LogP contribution in [0.3, 0.4) is 0 Å². The van der Waals surface area contributed by atoms with E-state index in [-0.39, 0.29) is 34.2 Å². The molecule has 4 rings (SSSR count). The number of nitriles is 1. The van der Waals surface area contributed by atoms with Crippen molar-refractivity contribution in [2.75, 3.05) is 13.1 Å². The lowest BCUT2D eigenvalue weighted by atomic mass is 9.86. The summed E-state index contributed by atoms with van der Waals surface area (Å²) in [6, 6.07) is 10.8. The Morgan fingerprint density at radius 1 is 1.22 bits per heavy atom. The molecule has 162 valence electrons. The van der Waals surface area contributed by atoms with Gasteiger partial charge in [0, 0.05) is 38.0 Å². The molecule has 12 heteroatoms. The molecule has 0 aliphatic carbocycles. The first kappa shape index (κ1) is 21.1. The maximum absolute atomic E-state index is 12.3. The molecule has 0 spiro atoms. The largest absolute Gasteiger partial charge is 0.384 e. The number of pyridine rings is 1. The Labute approximate surface area is 186 Å². The van der Waals surface area contributed by atoms with E-state index in [4.69, 9.17) is 17.3 Å². The molecule has 3 heterocycles. The average molecular weight is 454 g/mol. The molecule has 1 aromatic heterocycles. The Hall–Kier alpha value is -4.17. The number of hydrogen-bond acceptors (Lipinski definition) is 9. The van der Waals surface area contributed by atoms with Crippen LogP contribution < -0.4 is 5.73 Å². The highest BCUT2D eigenvalue weighted by Gasteiger charge is 2.47. The van der Waals surface area contributed by atoms with Crippen molar-refractivity contribution in [1.29, 1.82) is 5.26 Å². The number of hydrogen-bond donors (Lipinski definition) is 1. The first-order valence-electron chi connectivity index (χ1n) is 9.47. The summed E-state index contributed by atoms with van der Waals surface area (Å²) < 4.78 is 0. The molecule has 0 saturated carbocycles. The molecule has 2 N–H and O–H groups in total. The summed E-state index contributed by atoms with van der Waals surface area (Å²) in [5.74, 6) is -0.788. The number of aromatic nitrogens is 1.